The van der Waals surface area contributed by atoms with E-state index in [0.717, 1.165) is 0 Å². The zero-order valence-electron chi connectivity index (χ0n) is 12.1. The van der Waals surface area contributed by atoms with Crippen molar-refractivity contribution in [3.63, 3.8) is 0 Å². The first-order valence-electron chi connectivity index (χ1n) is 6.57. The first-order chi connectivity index (χ1) is 9.15. The number of amides is 1. The van der Waals surface area contributed by atoms with Crippen molar-refractivity contribution in [1.82, 2.24) is 4.90 Å². The SMILES string of the molecule is CC(C)(C)OC(=O)N1CCCC(O)(CC(=O)OCCl)C1. The number of rotatable bonds is 3. The molecule has 0 radical (unpaired) electrons. The molecule has 1 rings (SSSR count). The van der Waals surface area contributed by atoms with E-state index in [4.69, 9.17) is 16.3 Å². The number of carbonyl (C=O) groups is 2. The summed E-state index contributed by atoms with van der Waals surface area (Å²) in [6.07, 6.45) is 0.369. The fourth-order valence-electron chi connectivity index (χ4n) is 2.12. The van der Waals surface area contributed by atoms with Gasteiger partial charge in [-0.25, -0.2) is 4.79 Å². The predicted octanol–water partition coefficient (Wildman–Crippen LogP) is 1.88. The molecule has 1 amide bonds. The third-order valence-corrected chi connectivity index (χ3v) is 3.01. The number of likely N-dealkylation sites (tertiary alicyclic amines) is 1. The van der Waals surface area contributed by atoms with Crippen LogP contribution in [0, 0.1) is 0 Å². The number of hydrogen-bond acceptors (Lipinski definition) is 5. The fourth-order valence-corrected chi connectivity index (χ4v) is 2.24. The van der Waals surface area contributed by atoms with E-state index in [2.05, 4.69) is 4.74 Å². The quantitative estimate of drug-likeness (QED) is 0.636. The number of nitrogens with zero attached hydrogens (tertiary/aromatic N) is 1. The van der Waals surface area contributed by atoms with Crippen LogP contribution in [0.2, 0.25) is 0 Å². The number of ether oxygens (including phenoxy) is 2. The molecule has 0 bridgehead atoms. The summed E-state index contributed by atoms with van der Waals surface area (Å²) in [5.41, 5.74) is -1.87. The molecule has 0 aromatic heterocycles. The zero-order chi connectivity index (χ0) is 15.4. The molecule has 0 aliphatic carbocycles. The minimum atomic E-state index is -1.28. The van der Waals surface area contributed by atoms with Gasteiger partial charge in [0.2, 0.25) is 0 Å². The van der Waals surface area contributed by atoms with Gasteiger partial charge in [0.1, 0.15) is 5.60 Å². The minimum absolute atomic E-state index is 0.0549. The van der Waals surface area contributed by atoms with Crippen LogP contribution in [0.1, 0.15) is 40.0 Å². The van der Waals surface area contributed by atoms with E-state index in [-0.39, 0.29) is 19.0 Å². The second-order valence-electron chi connectivity index (χ2n) is 6.03. The van der Waals surface area contributed by atoms with Crippen molar-refractivity contribution >= 4 is 23.7 Å². The number of β-amino-alcohol motifs (C(OH)–C–C–N with tert-alkyl or cyclic N) is 1. The summed E-state index contributed by atoms with van der Waals surface area (Å²) in [7, 11) is 0. The molecule has 1 N–H and O–H groups in total. The van der Waals surface area contributed by atoms with E-state index in [0.29, 0.717) is 19.4 Å². The molecule has 1 fully saturated rings. The Morgan fingerprint density at radius 1 is 1.40 bits per heavy atom. The van der Waals surface area contributed by atoms with Crippen molar-refractivity contribution in [3.8, 4) is 0 Å². The highest BCUT2D eigenvalue weighted by Gasteiger charge is 2.38. The Hall–Kier alpha value is -1.01. The molecule has 7 heteroatoms. The lowest BCUT2D eigenvalue weighted by Gasteiger charge is -2.39. The third-order valence-electron chi connectivity index (χ3n) is 2.90. The molecule has 0 spiro atoms. The van der Waals surface area contributed by atoms with Gasteiger partial charge in [-0.15, -0.1) is 0 Å². The smallest absolute Gasteiger partial charge is 0.410 e. The maximum atomic E-state index is 12.0. The summed E-state index contributed by atoms with van der Waals surface area (Å²) in [5.74, 6) is -0.575. The van der Waals surface area contributed by atoms with Crippen LogP contribution in [0.5, 0.6) is 0 Å². The number of alkyl halides is 1. The lowest BCUT2D eigenvalue weighted by Crippen LogP contribution is -2.52. The highest BCUT2D eigenvalue weighted by molar-refractivity contribution is 6.17. The van der Waals surface area contributed by atoms with Crippen LogP contribution in [0.4, 0.5) is 4.79 Å². The molecular formula is C13H22ClNO5. The Balaban J connectivity index is 2.61. The molecule has 1 unspecified atom stereocenters. The van der Waals surface area contributed by atoms with Crippen molar-refractivity contribution in [3.05, 3.63) is 0 Å². The van der Waals surface area contributed by atoms with Crippen molar-refractivity contribution < 1.29 is 24.2 Å². The molecule has 0 saturated carbocycles. The summed E-state index contributed by atoms with van der Waals surface area (Å²) in [6, 6.07) is -0.245. The molecule has 1 atom stereocenters. The Kier molecular flexibility index (Phi) is 5.65. The standard InChI is InChI=1S/C13H22ClNO5/c1-12(2,3)20-11(17)15-6-4-5-13(18,8-15)7-10(16)19-9-14/h18H,4-9H2,1-3H3. The molecular weight excluding hydrogens is 286 g/mol. The maximum absolute atomic E-state index is 12.0. The maximum Gasteiger partial charge on any atom is 0.410 e. The zero-order valence-corrected chi connectivity index (χ0v) is 12.9. The number of aliphatic hydroxyl groups is 1. The van der Waals surface area contributed by atoms with E-state index in [1.54, 1.807) is 20.8 Å². The highest BCUT2D eigenvalue weighted by Crippen LogP contribution is 2.26. The average Bonchev–Trinajstić information content (AvgIpc) is 2.26. The van der Waals surface area contributed by atoms with E-state index >= 15 is 0 Å². The van der Waals surface area contributed by atoms with Gasteiger partial charge in [0.05, 0.1) is 18.6 Å². The number of esters is 1. The summed E-state index contributed by atoms with van der Waals surface area (Å²) in [4.78, 5) is 24.8. The van der Waals surface area contributed by atoms with E-state index < -0.39 is 23.3 Å². The lowest BCUT2D eigenvalue weighted by molar-refractivity contribution is -0.149. The lowest BCUT2D eigenvalue weighted by atomic mass is 9.90. The van der Waals surface area contributed by atoms with Crippen molar-refractivity contribution in [1.29, 1.82) is 0 Å². The van der Waals surface area contributed by atoms with Crippen LogP contribution >= 0.6 is 11.6 Å². The van der Waals surface area contributed by atoms with Crippen LogP contribution in [-0.4, -0.2) is 52.4 Å². The fraction of sp³-hybridized carbons (Fsp3) is 0.846. The highest BCUT2D eigenvalue weighted by atomic mass is 35.5. The van der Waals surface area contributed by atoms with Gasteiger partial charge in [-0.2, -0.15) is 0 Å². The number of halogens is 1. The second kappa shape index (κ2) is 6.63. The topological polar surface area (TPSA) is 76.1 Å². The van der Waals surface area contributed by atoms with Crippen LogP contribution in [-0.2, 0) is 14.3 Å². The van der Waals surface area contributed by atoms with Gasteiger partial charge in [0.25, 0.3) is 0 Å². The van der Waals surface area contributed by atoms with Gasteiger partial charge < -0.3 is 19.5 Å². The van der Waals surface area contributed by atoms with Crippen LogP contribution < -0.4 is 0 Å². The van der Waals surface area contributed by atoms with Crippen LogP contribution in [0.15, 0.2) is 0 Å². The third kappa shape index (κ3) is 5.54. The Morgan fingerprint density at radius 3 is 2.60 bits per heavy atom. The molecule has 20 heavy (non-hydrogen) atoms. The monoisotopic (exact) mass is 307 g/mol. The number of piperidine rings is 1. The largest absolute Gasteiger partial charge is 0.449 e. The Labute approximate surface area is 124 Å². The second-order valence-corrected chi connectivity index (χ2v) is 6.25. The normalized spacial score (nSPS) is 23.4. The van der Waals surface area contributed by atoms with Crippen LogP contribution in [0.3, 0.4) is 0 Å². The first-order valence-corrected chi connectivity index (χ1v) is 7.10. The van der Waals surface area contributed by atoms with E-state index in [9.17, 15) is 14.7 Å². The average molecular weight is 308 g/mol. The van der Waals surface area contributed by atoms with Gasteiger partial charge >= 0.3 is 12.1 Å². The molecule has 1 aliphatic heterocycles. The van der Waals surface area contributed by atoms with Gasteiger partial charge in [0.15, 0.2) is 6.07 Å². The van der Waals surface area contributed by atoms with E-state index in [1.165, 1.54) is 4.90 Å². The molecule has 0 aromatic rings. The van der Waals surface area contributed by atoms with Gasteiger partial charge in [-0.05, 0) is 33.6 Å². The van der Waals surface area contributed by atoms with Gasteiger partial charge in [0, 0.05) is 6.54 Å². The van der Waals surface area contributed by atoms with Crippen molar-refractivity contribution in [2.24, 2.45) is 0 Å². The first kappa shape index (κ1) is 17.0. The molecule has 1 heterocycles. The number of hydrogen-bond donors (Lipinski definition) is 1. The predicted molar refractivity (Wildman–Crippen MR) is 73.4 cm³/mol. The van der Waals surface area contributed by atoms with Crippen LogP contribution in [0.25, 0.3) is 0 Å². The van der Waals surface area contributed by atoms with Crippen molar-refractivity contribution in [2.75, 3.05) is 19.2 Å². The minimum Gasteiger partial charge on any atom is -0.449 e. The summed E-state index contributed by atoms with van der Waals surface area (Å²) >= 11 is 5.30. The molecule has 6 nitrogen and oxygen atoms in total. The Bertz CT molecular complexity index is 368. The van der Waals surface area contributed by atoms with Gasteiger partial charge in [-0.1, -0.05) is 11.6 Å². The Morgan fingerprint density at radius 2 is 2.05 bits per heavy atom. The van der Waals surface area contributed by atoms with E-state index in [1.807, 2.05) is 0 Å². The number of carbonyl (C=O) groups excluding carboxylic acids is 2. The van der Waals surface area contributed by atoms with Crippen molar-refractivity contribution in [2.45, 2.75) is 51.2 Å². The molecule has 0 aromatic carbocycles. The summed E-state index contributed by atoms with van der Waals surface area (Å²) < 4.78 is 9.88. The summed E-state index contributed by atoms with van der Waals surface area (Å²) in [5, 5.41) is 10.4. The molecule has 116 valence electrons. The summed E-state index contributed by atoms with van der Waals surface area (Å²) in [6.45, 7) is 5.89. The molecule has 1 aliphatic rings. The van der Waals surface area contributed by atoms with Gasteiger partial charge in [-0.3, -0.25) is 4.79 Å². The molecule has 1 saturated heterocycles.